The number of ether oxygens (including phenoxy) is 2. The maximum Gasteiger partial charge on any atom is 0.416 e. The monoisotopic (exact) mass is 657 g/mol. The van der Waals surface area contributed by atoms with Crippen molar-refractivity contribution in [1.29, 1.82) is 0 Å². The van der Waals surface area contributed by atoms with Crippen molar-refractivity contribution in [3.05, 3.63) is 81.2 Å². The number of aromatic nitrogens is 2. The van der Waals surface area contributed by atoms with Crippen LogP contribution in [-0.4, -0.2) is 78.5 Å². The molecule has 0 unspecified atom stereocenters. The second-order valence-corrected chi connectivity index (χ2v) is 10.1. The molecule has 0 bridgehead atoms. The number of amides is 2. The minimum absolute atomic E-state index is 0.0182. The van der Waals surface area contributed by atoms with Gasteiger partial charge in [0.2, 0.25) is 11.8 Å². The Kier molecular flexibility index (Phi) is 11.9. The summed E-state index contributed by atoms with van der Waals surface area (Å²) >= 11 is 9.17. The zero-order valence-corrected chi connectivity index (χ0v) is 24.6. The van der Waals surface area contributed by atoms with Gasteiger partial charge < -0.3 is 24.6 Å². The first kappa shape index (κ1) is 32.3. The van der Waals surface area contributed by atoms with Gasteiger partial charge in [0.15, 0.2) is 0 Å². The van der Waals surface area contributed by atoms with Crippen molar-refractivity contribution in [3.63, 3.8) is 0 Å². The quantitative estimate of drug-likeness (QED) is 0.356. The van der Waals surface area contributed by atoms with Crippen LogP contribution >= 0.6 is 27.5 Å². The number of carbonyl (C=O) groups excluding carboxylic acids is 2. The molecule has 9 nitrogen and oxygen atoms in total. The Labute approximate surface area is 248 Å². The first-order valence-corrected chi connectivity index (χ1v) is 13.5. The van der Waals surface area contributed by atoms with Gasteiger partial charge in [-0.15, -0.1) is 0 Å². The Morgan fingerprint density at radius 2 is 1.80 bits per heavy atom. The van der Waals surface area contributed by atoms with Crippen LogP contribution in [0.3, 0.4) is 0 Å². The predicted octanol–water partition coefficient (Wildman–Crippen LogP) is 5.04. The first-order chi connectivity index (χ1) is 19.5. The van der Waals surface area contributed by atoms with E-state index >= 15 is 0 Å². The van der Waals surface area contributed by atoms with Gasteiger partial charge in [0, 0.05) is 45.7 Å². The molecule has 4 rings (SSSR count). The number of methoxy groups -OCH3 is 1. The van der Waals surface area contributed by atoms with Crippen molar-refractivity contribution in [2.75, 3.05) is 46.9 Å². The molecule has 1 fully saturated rings. The molecule has 0 radical (unpaired) electrons. The SMILES string of the molecule is CN1CCN(C(=O)CNC(=O)c2cccnc2Oc2ccc(C(F)(F)F)cc2Cl)CC1.COCc1ccnc(Br)c1. The summed E-state index contributed by atoms with van der Waals surface area (Å²) in [7, 11) is 3.64. The van der Waals surface area contributed by atoms with E-state index in [1.807, 2.05) is 19.2 Å². The van der Waals surface area contributed by atoms with E-state index in [2.05, 4.69) is 36.1 Å². The molecule has 2 aromatic heterocycles. The molecule has 0 aliphatic carbocycles. The fourth-order valence-electron chi connectivity index (χ4n) is 3.63. The molecular formula is C27H28BrClF3N5O4. The molecule has 1 aliphatic heterocycles. The summed E-state index contributed by atoms with van der Waals surface area (Å²) in [4.78, 5) is 36.6. The van der Waals surface area contributed by atoms with E-state index in [-0.39, 0.29) is 34.7 Å². The third kappa shape index (κ3) is 9.95. The molecule has 3 heterocycles. The smallest absolute Gasteiger partial charge is 0.416 e. The molecule has 0 atom stereocenters. The van der Waals surface area contributed by atoms with Crippen LogP contribution in [0.15, 0.2) is 59.5 Å². The zero-order chi connectivity index (χ0) is 30.0. The van der Waals surface area contributed by atoms with Crippen LogP contribution in [0.25, 0.3) is 0 Å². The standard InChI is InChI=1S/C20H20ClF3N4O3.C7H8BrNO/c1-27-7-9-28(10-8-27)17(29)12-26-18(30)14-3-2-6-25-19(14)31-16-5-4-13(11-15(16)21)20(22,23)24;1-10-5-6-2-3-9-7(8)4-6/h2-6,11H,7-10,12H2,1H3,(H,26,30);2-4H,5H2,1H3. The summed E-state index contributed by atoms with van der Waals surface area (Å²) < 4.78 is 49.7. The Morgan fingerprint density at radius 1 is 1.07 bits per heavy atom. The number of carbonyl (C=O) groups is 2. The maximum absolute atomic E-state index is 12.8. The van der Waals surface area contributed by atoms with Gasteiger partial charge in [0.25, 0.3) is 5.91 Å². The molecule has 220 valence electrons. The lowest BCUT2D eigenvalue weighted by molar-refractivity contribution is -0.137. The summed E-state index contributed by atoms with van der Waals surface area (Å²) in [5.41, 5.74) is 0.222. The second-order valence-electron chi connectivity index (χ2n) is 8.89. The number of benzene rings is 1. The largest absolute Gasteiger partial charge is 0.437 e. The van der Waals surface area contributed by atoms with Crippen LogP contribution in [0.4, 0.5) is 13.2 Å². The van der Waals surface area contributed by atoms with E-state index in [9.17, 15) is 22.8 Å². The highest BCUT2D eigenvalue weighted by Gasteiger charge is 2.31. The van der Waals surface area contributed by atoms with Crippen LogP contribution in [0.2, 0.25) is 5.02 Å². The molecule has 0 spiro atoms. The zero-order valence-electron chi connectivity index (χ0n) is 22.3. The summed E-state index contributed by atoms with van der Waals surface area (Å²) in [5, 5.41) is 2.25. The van der Waals surface area contributed by atoms with Gasteiger partial charge in [-0.25, -0.2) is 9.97 Å². The molecule has 1 N–H and O–H groups in total. The minimum atomic E-state index is -4.55. The molecule has 14 heteroatoms. The number of halogens is 5. The molecule has 1 aromatic carbocycles. The maximum atomic E-state index is 12.8. The lowest BCUT2D eigenvalue weighted by Gasteiger charge is -2.32. The second kappa shape index (κ2) is 15.1. The van der Waals surface area contributed by atoms with Gasteiger partial charge in [0.1, 0.15) is 15.9 Å². The summed E-state index contributed by atoms with van der Waals surface area (Å²) in [6.07, 6.45) is -1.44. The Hall–Kier alpha value is -3.26. The van der Waals surface area contributed by atoms with Crippen molar-refractivity contribution in [2.24, 2.45) is 0 Å². The molecule has 41 heavy (non-hydrogen) atoms. The van der Waals surface area contributed by atoms with Gasteiger partial charge >= 0.3 is 6.18 Å². The van der Waals surface area contributed by atoms with Gasteiger partial charge in [0.05, 0.1) is 23.7 Å². The topological polar surface area (TPSA) is 96.9 Å². The minimum Gasteiger partial charge on any atom is -0.437 e. The fourth-order valence-corrected chi connectivity index (χ4v) is 4.26. The average molecular weight is 659 g/mol. The summed E-state index contributed by atoms with van der Waals surface area (Å²) in [6, 6.07) is 9.39. The molecule has 2 amide bonds. The van der Waals surface area contributed by atoms with Crippen molar-refractivity contribution < 1.29 is 32.2 Å². The normalized spacial score (nSPS) is 13.7. The van der Waals surface area contributed by atoms with E-state index in [0.717, 1.165) is 41.5 Å². The number of nitrogens with zero attached hydrogens (tertiary/aromatic N) is 4. The van der Waals surface area contributed by atoms with E-state index in [1.54, 1.807) is 18.2 Å². The van der Waals surface area contributed by atoms with Crippen molar-refractivity contribution >= 4 is 39.3 Å². The predicted molar refractivity (Wildman–Crippen MR) is 150 cm³/mol. The third-order valence-corrected chi connectivity index (χ3v) is 6.57. The van der Waals surface area contributed by atoms with E-state index < -0.39 is 17.6 Å². The molecule has 0 saturated carbocycles. The lowest BCUT2D eigenvalue weighted by atomic mass is 10.2. The molecule has 1 aliphatic rings. The molecule has 1 saturated heterocycles. The van der Waals surface area contributed by atoms with Crippen LogP contribution in [0.5, 0.6) is 11.6 Å². The fraction of sp³-hybridized carbons (Fsp3) is 0.333. The number of hydrogen-bond acceptors (Lipinski definition) is 7. The number of pyridine rings is 2. The van der Waals surface area contributed by atoms with Gasteiger partial charge in [-0.3, -0.25) is 9.59 Å². The van der Waals surface area contributed by atoms with Gasteiger partial charge in [-0.2, -0.15) is 13.2 Å². The highest BCUT2D eigenvalue weighted by molar-refractivity contribution is 9.10. The Bertz CT molecular complexity index is 1340. The first-order valence-electron chi connectivity index (χ1n) is 12.3. The van der Waals surface area contributed by atoms with Crippen molar-refractivity contribution in [2.45, 2.75) is 12.8 Å². The Balaban J connectivity index is 0.000000389. The van der Waals surface area contributed by atoms with Crippen LogP contribution in [-0.2, 0) is 22.3 Å². The van der Waals surface area contributed by atoms with Crippen LogP contribution in [0.1, 0.15) is 21.5 Å². The van der Waals surface area contributed by atoms with Crippen LogP contribution in [0, 0.1) is 0 Å². The number of nitrogens with one attached hydrogen (secondary N) is 1. The van der Waals surface area contributed by atoms with E-state index in [4.69, 9.17) is 21.1 Å². The van der Waals surface area contributed by atoms with Gasteiger partial charge in [-0.05, 0) is 71.0 Å². The molecular weight excluding hydrogens is 631 g/mol. The average Bonchev–Trinajstić information content (AvgIpc) is 2.93. The summed E-state index contributed by atoms with van der Waals surface area (Å²) in [6.45, 7) is 3.12. The molecule has 3 aromatic rings. The van der Waals surface area contributed by atoms with Crippen molar-refractivity contribution in [1.82, 2.24) is 25.1 Å². The Morgan fingerprint density at radius 3 is 2.44 bits per heavy atom. The highest BCUT2D eigenvalue weighted by atomic mass is 79.9. The number of hydrogen-bond donors (Lipinski definition) is 1. The number of piperazine rings is 1. The van der Waals surface area contributed by atoms with Gasteiger partial charge in [-0.1, -0.05) is 11.6 Å². The van der Waals surface area contributed by atoms with Crippen molar-refractivity contribution in [3.8, 4) is 11.6 Å². The lowest BCUT2D eigenvalue weighted by Crippen LogP contribution is -2.50. The summed E-state index contributed by atoms with van der Waals surface area (Å²) in [5.74, 6) is -1.04. The number of alkyl halides is 3. The van der Waals surface area contributed by atoms with E-state index in [1.165, 1.54) is 18.3 Å². The highest BCUT2D eigenvalue weighted by Crippen LogP contribution is 2.36. The number of rotatable bonds is 7. The van der Waals surface area contributed by atoms with E-state index in [0.29, 0.717) is 19.7 Å². The third-order valence-electron chi connectivity index (χ3n) is 5.84. The van der Waals surface area contributed by atoms with Crippen LogP contribution < -0.4 is 10.1 Å². The number of likely N-dealkylation sites (N-methyl/N-ethyl adjacent to an activating group) is 1.